The summed E-state index contributed by atoms with van der Waals surface area (Å²) in [7, 11) is 0. The van der Waals surface area contributed by atoms with E-state index in [1.807, 2.05) is 41.1 Å². The molecule has 2 aromatic heterocycles. The highest BCUT2D eigenvalue weighted by atomic mass is 35.5. The van der Waals surface area contributed by atoms with Crippen LogP contribution in [0.5, 0.6) is 0 Å². The second kappa shape index (κ2) is 11.8. The Kier molecular flexibility index (Phi) is 8.44. The first-order valence-electron chi connectivity index (χ1n) is 12.3. The van der Waals surface area contributed by atoms with Gasteiger partial charge in [0.1, 0.15) is 10.7 Å². The highest BCUT2D eigenvalue weighted by Crippen LogP contribution is 2.38. The second-order valence-corrected chi connectivity index (χ2v) is 11.6. The van der Waals surface area contributed by atoms with Gasteiger partial charge in [-0.2, -0.15) is 0 Å². The molecule has 2 aliphatic rings. The van der Waals surface area contributed by atoms with Crippen LogP contribution in [0.1, 0.15) is 58.8 Å². The van der Waals surface area contributed by atoms with Crippen molar-refractivity contribution in [3.63, 3.8) is 0 Å². The number of aliphatic hydroxyl groups is 2. The monoisotopic (exact) mass is 577 g/mol. The quantitative estimate of drug-likeness (QED) is 0.356. The summed E-state index contributed by atoms with van der Waals surface area (Å²) in [4.78, 5) is 32.6. The van der Waals surface area contributed by atoms with Gasteiger partial charge in [-0.1, -0.05) is 29.8 Å². The summed E-state index contributed by atoms with van der Waals surface area (Å²) in [6.07, 6.45) is -2.49. The molecule has 0 radical (unpaired) electrons. The summed E-state index contributed by atoms with van der Waals surface area (Å²) in [5, 5.41) is 28.9. The van der Waals surface area contributed by atoms with Crippen molar-refractivity contribution in [2.24, 2.45) is 0 Å². The number of aliphatic hydroxyl groups excluding tert-OH is 2. The number of thiophene rings is 1. The van der Waals surface area contributed by atoms with Crippen molar-refractivity contribution in [2.75, 3.05) is 6.54 Å². The average Bonchev–Trinajstić information content (AvgIpc) is 3.66. The van der Waals surface area contributed by atoms with E-state index in [9.17, 15) is 19.8 Å². The molecule has 0 aliphatic carbocycles. The first-order chi connectivity index (χ1) is 18.3. The van der Waals surface area contributed by atoms with Gasteiger partial charge in [0.25, 0.3) is 11.8 Å². The zero-order valence-electron chi connectivity index (χ0n) is 20.6. The first-order valence-corrected chi connectivity index (χ1v) is 14.4. The molecule has 2 saturated heterocycles. The van der Waals surface area contributed by atoms with Crippen molar-refractivity contribution < 1.29 is 29.3 Å². The van der Waals surface area contributed by atoms with E-state index in [0.29, 0.717) is 35.1 Å². The number of ether oxygens (including phenoxy) is 2. The fourth-order valence-electron chi connectivity index (χ4n) is 4.55. The summed E-state index contributed by atoms with van der Waals surface area (Å²) in [6.45, 7) is 2.37. The van der Waals surface area contributed by atoms with Crippen LogP contribution in [0.15, 0.2) is 41.1 Å². The molecule has 4 heterocycles. The van der Waals surface area contributed by atoms with E-state index in [1.165, 1.54) is 27.6 Å². The highest BCUT2D eigenvalue weighted by Gasteiger charge is 2.40. The van der Waals surface area contributed by atoms with E-state index in [0.717, 1.165) is 22.4 Å². The van der Waals surface area contributed by atoms with Crippen LogP contribution >= 0.6 is 34.3 Å². The van der Waals surface area contributed by atoms with Crippen LogP contribution < -0.4 is 5.32 Å². The fourth-order valence-corrected chi connectivity index (χ4v) is 6.54. The topological polar surface area (TPSA) is 121 Å². The average molecular weight is 578 g/mol. The normalized spacial score (nSPS) is 22.6. The van der Waals surface area contributed by atoms with Gasteiger partial charge >= 0.3 is 0 Å². The fraction of sp³-hybridized carbons (Fsp3) is 0.423. The number of amides is 2. The Bertz CT molecular complexity index is 1290. The zero-order valence-corrected chi connectivity index (χ0v) is 23.0. The summed E-state index contributed by atoms with van der Waals surface area (Å²) in [5.74, 6) is -1.51. The molecule has 2 aliphatic heterocycles. The molecule has 2 fully saturated rings. The lowest BCUT2D eigenvalue weighted by molar-refractivity contribution is -0.383. The minimum atomic E-state index is -1.89. The first kappa shape index (κ1) is 27.2. The van der Waals surface area contributed by atoms with Crippen LogP contribution in [-0.2, 0) is 32.0 Å². The van der Waals surface area contributed by atoms with Crippen molar-refractivity contribution in [2.45, 2.75) is 63.6 Å². The maximum Gasteiger partial charge on any atom is 0.255 e. The number of carbonyl (C=O) groups is 2. The van der Waals surface area contributed by atoms with E-state index in [1.54, 1.807) is 6.92 Å². The van der Waals surface area contributed by atoms with Gasteiger partial charge < -0.3 is 29.9 Å². The molecule has 3 aromatic rings. The number of hydrogen-bond acceptors (Lipinski definition) is 9. The zero-order chi connectivity index (χ0) is 26.8. The molecule has 12 heteroatoms. The van der Waals surface area contributed by atoms with Crippen LogP contribution in [0.25, 0.3) is 0 Å². The van der Waals surface area contributed by atoms with Gasteiger partial charge in [-0.05, 0) is 54.8 Å². The molecular weight excluding hydrogens is 550 g/mol. The van der Waals surface area contributed by atoms with Crippen LogP contribution in [0.3, 0.4) is 0 Å². The van der Waals surface area contributed by atoms with Crippen LogP contribution in [0, 0.1) is 0 Å². The molecule has 0 bridgehead atoms. The summed E-state index contributed by atoms with van der Waals surface area (Å²) >= 11 is 9.10. The lowest BCUT2D eigenvalue weighted by atomic mass is 10.1. The number of hydrogen-bond donors (Lipinski definition) is 3. The number of carbonyl (C=O) groups excluding carboxylic acids is 2. The van der Waals surface area contributed by atoms with Crippen molar-refractivity contribution in [1.82, 2.24) is 15.2 Å². The van der Waals surface area contributed by atoms with Crippen molar-refractivity contribution in [1.29, 1.82) is 0 Å². The Balaban J connectivity index is 1.14. The van der Waals surface area contributed by atoms with Crippen molar-refractivity contribution >= 4 is 46.1 Å². The van der Waals surface area contributed by atoms with Gasteiger partial charge in [0.2, 0.25) is 6.29 Å². The Hall–Kier alpha value is -2.38. The molecule has 2 amide bonds. The molecular formula is C26H28ClN3O6S2. The van der Waals surface area contributed by atoms with Gasteiger partial charge in [0.05, 0.1) is 12.6 Å². The van der Waals surface area contributed by atoms with Gasteiger partial charge in [0, 0.05) is 21.8 Å². The Morgan fingerprint density at radius 3 is 2.76 bits per heavy atom. The smallest absolute Gasteiger partial charge is 0.255 e. The minimum absolute atomic E-state index is 0.169. The predicted molar refractivity (Wildman–Crippen MR) is 143 cm³/mol. The molecule has 1 aromatic carbocycles. The third kappa shape index (κ3) is 5.94. The van der Waals surface area contributed by atoms with E-state index in [2.05, 4.69) is 10.3 Å². The highest BCUT2D eigenvalue weighted by molar-refractivity contribution is 7.10. The molecule has 9 nitrogen and oxygen atoms in total. The summed E-state index contributed by atoms with van der Waals surface area (Å²) < 4.78 is 11.0. The van der Waals surface area contributed by atoms with E-state index < -0.39 is 30.3 Å². The second-order valence-electron chi connectivity index (χ2n) is 9.27. The Morgan fingerprint density at radius 2 is 2.00 bits per heavy atom. The molecule has 0 saturated carbocycles. The van der Waals surface area contributed by atoms with E-state index in [4.69, 9.17) is 21.1 Å². The van der Waals surface area contributed by atoms with Gasteiger partial charge in [-0.25, -0.2) is 4.98 Å². The largest absolute Gasteiger partial charge is 0.380 e. The third-order valence-corrected chi connectivity index (χ3v) is 8.87. The molecule has 38 heavy (non-hydrogen) atoms. The van der Waals surface area contributed by atoms with Crippen molar-refractivity contribution in [3.05, 3.63) is 72.8 Å². The molecule has 202 valence electrons. The molecule has 0 unspecified atom stereocenters. The SMILES string of the molecule is CC1OC(c2csc([C@H]3CCCN3C(=O)[C@H](O)[C@@H](O)C(=O)NCc3cc(Cc4ccccc4Cl)cs3)n2)O1. The maximum atomic E-state index is 13.1. The number of benzene rings is 1. The Morgan fingerprint density at radius 1 is 1.21 bits per heavy atom. The van der Waals surface area contributed by atoms with Gasteiger partial charge in [-0.3, -0.25) is 9.59 Å². The standard InChI is InChI=1S/C26H28ClN3O6S2/c1-14-35-26(36-14)19-13-38-24(29-19)20-7-4-8-30(20)25(34)22(32)21(31)23(33)28-11-17-10-15(12-37-17)9-16-5-2-3-6-18(16)27/h2-3,5-6,10,12-14,20-22,26,31-32H,4,7-9,11H2,1H3,(H,28,33)/t14?,20-,21-,22-,26?/m1/s1. The van der Waals surface area contributed by atoms with Crippen molar-refractivity contribution in [3.8, 4) is 0 Å². The molecule has 3 atom stereocenters. The number of nitrogens with one attached hydrogen (secondary N) is 1. The summed E-state index contributed by atoms with van der Waals surface area (Å²) in [6, 6.07) is 9.24. The van der Waals surface area contributed by atoms with E-state index in [-0.39, 0.29) is 18.9 Å². The van der Waals surface area contributed by atoms with E-state index >= 15 is 0 Å². The lowest BCUT2D eigenvalue weighted by Crippen LogP contribution is -2.50. The Labute approximate surface area is 233 Å². The number of nitrogens with zero attached hydrogens (tertiary/aromatic N) is 2. The molecule has 5 rings (SSSR count). The third-order valence-electron chi connectivity index (χ3n) is 6.55. The van der Waals surface area contributed by atoms with Crippen LogP contribution in [0.2, 0.25) is 5.02 Å². The lowest BCUT2D eigenvalue weighted by Gasteiger charge is -2.32. The number of thiazole rings is 1. The number of aromatic nitrogens is 1. The number of rotatable bonds is 9. The van der Waals surface area contributed by atoms with Crippen LogP contribution in [0.4, 0.5) is 0 Å². The molecule has 0 spiro atoms. The van der Waals surface area contributed by atoms with Gasteiger partial charge in [0.15, 0.2) is 18.5 Å². The van der Waals surface area contributed by atoms with Crippen LogP contribution in [-0.4, -0.2) is 57.0 Å². The minimum Gasteiger partial charge on any atom is -0.380 e. The van der Waals surface area contributed by atoms with Gasteiger partial charge in [-0.15, -0.1) is 22.7 Å². The number of halogens is 1. The predicted octanol–water partition coefficient (Wildman–Crippen LogP) is 3.54. The maximum absolute atomic E-state index is 13.1. The summed E-state index contributed by atoms with van der Waals surface area (Å²) in [5.41, 5.74) is 2.71. The number of likely N-dealkylation sites (tertiary alicyclic amines) is 1. The molecule has 3 N–H and O–H groups in total.